The van der Waals surface area contributed by atoms with Gasteiger partial charge in [0.2, 0.25) is 0 Å². The molecule has 1 heterocycles. The molecule has 108 valence electrons. The molecule has 0 bridgehead atoms. The summed E-state index contributed by atoms with van der Waals surface area (Å²) in [6, 6.07) is 3.01. The standard InChI is InChI=1S/C12H15N3O5/c16-10(7-20-8-11(17)18)15-12(19)14-5-3-9-2-1-4-13-6-9/h1-2,4,6H,3,5,7-8H2,(H,17,18)(H2,14,15,16,19). The van der Waals surface area contributed by atoms with Crippen LogP contribution in [0.25, 0.3) is 0 Å². The second kappa shape index (κ2) is 8.59. The Morgan fingerprint density at radius 2 is 2.10 bits per heavy atom. The van der Waals surface area contributed by atoms with E-state index in [0.717, 1.165) is 5.56 Å². The number of ether oxygens (including phenoxy) is 1. The number of aliphatic carboxylic acids is 1. The van der Waals surface area contributed by atoms with Crippen molar-refractivity contribution in [3.63, 3.8) is 0 Å². The van der Waals surface area contributed by atoms with Crippen molar-refractivity contribution in [1.82, 2.24) is 15.6 Å². The number of aromatic nitrogens is 1. The molecule has 1 aromatic rings. The molecule has 0 spiro atoms. The third-order valence-corrected chi connectivity index (χ3v) is 2.13. The monoisotopic (exact) mass is 281 g/mol. The number of pyridine rings is 1. The molecule has 0 atom stereocenters. The number of urea groups is 1. The molecule has 0 aromatic carbocycles. The molecule has 8 nitrogen and oxygen atoms in total. The summed E-state index contributed by atoms with van der Waals surface area (Å²) in [5, 5.41) is 12.8. The Morgan fingerprint density at radius 1 is 1.30 bits per heavy atom. The van der Waals surface area contributed by atoms with Gasteiger partial charge in [-0.05, 0) is 18.1 Å². The van der Waals surface area contributed by atoms with E-state index in [4.69, 9.17) is 5.11 Å². The van der Waals surface area contributed by atoms with E-state index in [1.807, 2.05) is 11.4 Å². The fraction of sp³-hybridized carbons (Fsp3) is 0.333. The summed E-state index contributed by atoms with van der Waals surface area (Å²) < 4.78 is 4.53. The minimum Gasteiger partial charge on any atom is -0.480 e. The number of hydrogen-bond acceptors (Lipinski definition) is 5. The van der Waals surface area contributed by atoms with E-state index < -0.39 is 31.1 Å². The molecule has 0 radical (unpaired) electrons. The molecule has 3 amide bonds. The first-order valence-electron chi connectivity index (χ1n) is 5.84. The van der Waals surface area contributed by atoms with Crippen molar-refractivity contribution in [2.24, 2.45) is 0 Å². The van der Waals surface area contributed by atoms with E-state index in [0.29, 0.717) is 13.0 Å². The van der Waals surface area contributed by atoms with Crippen molar-refractivity contribution in [3.8, 4) is 0 Å². The predicted octanol–water partition coefficient (Wildman–Crippen LogP) is -0.449. The summed E-state index contributed by atoms with van der Waals surface area (Å²) in [5.41, 5.74) is 0.962. The summed E-state index contributed by atoms with van der Waals surface area (Å²) in [4.78, 5) is 36.5. The zero-order valence-electron chi connectivity index (χ0n) is 10.7. The van der Waals surface area contributed by atoms with Crippen LogP contribution in [0.4, 0.5) is 4.79 Å². The van der Waals surface area contributed by atoms with Crippen molar-refractivity contribution in [1.29, 1.82) is 0 Å². The van der Waals surface area contributed by atoms with Crippen LogP contribution in [0.3, 0.4) is 0 Å². The predicted molar refractivity (Wildman–Crippen MR) is 67.9 cm³/mol. The van der Waals surface area contributed by atoms with Gasteiger partial charge in [-0.3, -0.25) is 15.1 Å². The molecule has 1 rings (SSSR count). The molecule has 0 fully saturated rings. The molecule has 20 heavy (non-hydrogen) atoms. The highest BCUT2D eigenvalue weighted by Crippen LogP contribution is 1.95. The van der Waals surface area contributed by atoms with E-state index in [9.17, 15) is 14.4 Å². The second-order valence-electron chi connectivity index (χ2n) is 3.80. The average Bonchev–Trinajstić information content (AvgIpc) is 2.39. The van der Waals surface area contributed by atoms with Crippen molar-refractivity contribution in [2.45, 2.75) is 6.42 Å². The number of nitrogens with zero attached hydrogens (tertiary/aromatic N) is 1. The Labute approximate surface area is 115 Å². The molecule has 0 aliphatic heterocycles. The number of carboxylic acids is 1. The van der Waals surface area contributed by atoms with Gasteiger partial charge in [0.1, 0.15) is 13.2 Å². The van der Waals surface area contributed by atoms with Crippen molar-refractivity contribution in [3.05, 3.63) is 30.1 Å². The molecule has 8 heteroatoms. The molecule has 0 saturated carbocycles. The van der Waals surface area contributed by atoms with Gasteiger partial charge in [-0.15, -0.1) is 0 Å². The van der Waals surface area contributed by atoms with Crippen LogP contribution < -0.4 is 10.6 Å². The number of carbonyl (C=O) groups excluding carboxylic acids is 2. The lowest BCUT2D eigenvalue weighted by Gasteiger charge is -2.06. The Hall–Kier alpha value is -2.48. The van der Waals surface area contributed by atoms with E-state index in [1.54, 1.807) is 18.5 Å². The Balaban J connectivity index is 2.13. The summed E-state index contributed by atoms with van der Waals surface area (Å²) >= 11 is 0. The molecular formula is C12H15N3O5. The lowest BCUT2D eigenvalue weighted by molar-refractivity contribution is -0.143. The normalized spacial score (nSPS) is 9.80. The van der Waals surface area contributed by atoms with Gasteiger partial charge in [-0.2, -0.15) is 0 Å². The topological polar surface area (TPSA) is 118 Å². The van der Waals surface area contributed by atoms with Crippen LogP contribution in [0.15, 0.2) is 24.5 Å². The van der Waals surface area contributed by atoms with Gasteiger partial charge in [-0.25, -0.2) is 9.59 Å². The SMILES string of the molecule is O=C(O)COCC(=O)NC(=O)NCCc1cccnc1. The molecular weight excluding hydrogens is 266 g/mol. The summed E-state index contributed by atoms with van der Waals surface area (Å²) in [7, 11) is 0. The van der Waals surface area contributed by atoms with Crippen LogP contribution in [0, 0.1) is 0 Å². The van der Waals surface area contributed by atoms with E-state index in [-0.39, 0.29) is 0 Å². The highest BCUT2D eigenvalue weighted by molar-refractivity contribution is 5.94. The minimum absolute atomic E-state index is 0.348. The summed E-state index contributed by atoms with van der Waals surface area (Å²) in [6.45, 7) is -0.723. The number of amides is 3. The Bertz CT molecular complexity index is 463. The highest BCUT2D eigenvalue weighted by Gasteiger charge is 2.08. The van der Waals surface area contributed by atoms with E-state index in [2.05, 4.69) is 15.0 Å². The van der Waals surface area contributed by atoms with Crippen LogP contribution in [0.2, 0.25) is 0 Å². The van der Waals surface area contributed by atoms with Gasteiger partial charge in [-0.1, -0.05) is 6.07 Å². The first kappa shape index (κ1) is 15.6. The van der Waals surface area contributed by atoms with Gasteiger partial charge in [0, 0.05) is 18.9 Å². The quantitative estimate of drug-likeness (QED) is 0.623. The molecule has 1 aromatic heterocycles. The van der Waals surface area contributed by atoms with Crippen LogP contribution in [-0.2, 0) is 20.7 Å². The van der Waals surface area contributed by atoms with Crippen LogP contribution in [0.1, 0.15) is 5.56 Å². The number of carboxylic acid groups (broad SMARTS) is 1. The number of hydrogen-bond donors (Lipinski definition) is 3. The largest absolute Gasteiger partial charge is 0.480 e. The van der Waals surface area contributed by atoms with Crippen molar-refractivity contribution < 1.29 is 24.2 Å². The third-order valence-electron chi connectivity index (χ3n) is 2.13. The maximum atomic E-state index is 11.3. The van der Waals surface area contributed by atoms with Gasteiger partial charge in [0.05, 0.1) is 0 Å². The maximum absolute atomic E-state index is 11.3. The van der Waals surface area contributed by atoms with E-state index >= 15 is 0 Å². The number of rotatable bonds is 7. The lowest BCUT2D eigenvalue weighted by atomic mass is 10.2. The van der Waals surface area contributed by atoms with Crippen LogP contribution in [-0.4, -0.2) is 47.8 Å². The summed E-state index contributed by atoms with van der Waals surface area (Å²) in [6.07, 6.45) is 3.93. The van der Waals surface area contributed by atoms with Gasteiger partial charge < -0.3 is 15.2 Å². The van der Waals surface area contributed by atoms with E-state index in [1.165, 1.54) is 0 Å². The first-order valence-corrected chi connectivity index (χ1v) is 5.84. The summed E-state index contributed by atoms with van der Waals surface area (Å²) in [5.74, 6) is -1.89. The fourth-order valence-electron chi connectivity index (χ4n) is 1.30. The molecule has 0 saturated heterocycles. The highest BCUT2D eigenvalue weighted by atomic mass is 16.5. The maximum Gasteiger partial charge on any atom is 0.329 e. The van der Waals surface area contributed by atoms with Crippen molar-refractivity contribution in [2.75, 3.05) is 19.8 Å². The zero-order chi connectivity index (χ0) is 14.8. The minimum atomic E-state index is -1.18. The lowest BCUT2D eigenvalue weighted by Crippen LogP contribution is -2.42. The van der Waals surface area contributed by atoms with Gasteiger partial charge >= 0.3 is 12.0 Å². The van der Waals surface area contributed by atoms with Crippen LogP contribution in [0.5, 0.6) is 0 Å². The molecule has 3 N–H and O–H groups in total. The first-order chi connectivity index (χ1) is 9.58. The smallest absolute Gasteiger partial charge is 0.329 e. The molecule has 0 aliphatic rings. The average molecular weight is 281 g/mol. The number of nitrogens with one attached hydrogen (secondary N) is 2. The van der Waals surface area contributed by atoms with Crippen LogP contribution >= 0.6 is 0 Å². The molecule has 0 unspecified atom stereocenters. The number of carbonyl (C=O) groups is 3. The zero-order valence-corrected chi connectivity index (χ0v) is 10.7. The molecule has 0 aliphatic carbocycles. The fourth-order valence-corrected chi connectivity index (χ4v) is 1.30. The van der Waals surface area contributed by atoms with Gasteiger partial charge in [0.25, 0.3) is 5.91 Å². The Kier molecular flexibility index (Phi) is 6.69. The second-order valence-corrected chi connectivity index (χ2v) is 3.80. The Morgan fingerprint density at radius 3 is 2.75 bits per heavy atom. The van der Waals surface area contributed by atoms with Gasteiger partial charge in [0.15, 0.2) is 0 Å². The number of imide groups is 1. The van der Waals surface area contributed by atoms with Crippen molar-refractivity contribution >= 4 is 17.9 Å². The third kappa shape index (κ3) is 7.07.